The van der Waals surface area contributed by atoms with Gasteiger partial charge in [-0.1, -0.05) is 11.8 Å². The number of aromatic amines is 1. The summed E-state index contributed by atoms with van der Waals surface area (Å²) in [5.41, 5.74) is 6.27. The molecule has 0 radical (unpaired) electrons. The Morgan fingerprint density at radius 2 is 2.24 bits per heavy atom. The van der Waals surface area contributed by atoms with Crippen LogP contribution >= 0.6 is 11.8 Å². The van der Waals surface area contributed by atoms with E-state index in [1.165, 1.54) is 0 Å². The molecule has 0 bridgehead atoms. The quantitative estimate of drug-likeness (QED) is 0.381. The van der Waals surface area contributed by atoms with E-state index >= 15 is 0 Å². The van der Waals surface area contributed by atoms with Gasteiger partial charge in [0.05, 0.1) is 29.5 Å². The van der Waals surface area contributed by atoms with Gasteiger partial charge in [0.2, 0.25) is 0 Å². The number of anilines is 1. The van der Waals surface area contributed by atoms with Crippen molar-refractivity contribution in [3.8, 4) is 5.75 Å². The summed E-state index contributed by atoms with van der Waals surface area (Å²) in [6.45, 7) is 0. The fourth-order valence-electron chi connectivity index (χ4n) is 1.95. The molecule has 21 heavy (non-hydrogen) atoms. The van der Waals surface area contributed by atoms with E-state index in [0.29, 0.717) is 5.75 Å². The molecule has 0 fully saturated rings. The molecule has 0 aliphatic rings. The Balaban J connectivity index is 1.75. The number of benzene rings is 1. The minimum absolute atomic E-state index is 0.715. The zero-order valence-electron chi connectivity index (χ0n) is 11.5. The summed E-state index contributed by atoms with van der Waals surface area (Å²) in [5.74, 6) is 6.92. The zero-order valence-corrected chi connectivity index (χ0v) is 12.3. The molecule has 0 unspecified atom stereocenters. The van der Waals surface area contributed by atoms with Crippen LogP contribution in [0.3, 0.4) is 0 Å². The van der Waals surface area contributed by atoms with E-state index in [2.05, 4.69) is 20.4 Å². The number of H-pyrrole nitrogens is 1. The van der Waals surface area contributed by atoms with Crippen LogP contribution in [0.1, 0.15) is 5.69 Å². The average molecular weight is 301 g/mol. The number of nitrogens with one attached hydrogen (secondary N) is 2. The highest BCUT2D eigenvalue weighted by molar-refractivity contribution is 7.98. The van der Waals surface area contributed by atoms with E-state index in [1.54, 1.807) is 25.1 Å². The lowest BCUT2D eigenvalue weighted by molar-refractivity contribution is 0.415. The molecule has 0 atom stereocenters. The van der Waals surface area contributed by atoms with Crippen LogP contribution in [0.2, 0.25) is 0 Å². The molecule has 0 amide bonds. The smallest absolute Gasteiger partial charge is 0.166 e. The number of nitrogen functional groups attached to an aromatic ring is 1. The second-order valence-corrected chi connectivity index (χ2v) is 5.36. The number of hydrogen-bond acceptors (Lipinski definition) is 6. The van der Waals surface area contributed by atoms with Crippen LogP contribution < -0.4 is 16.0 Å². The summed E-state index contributed by atoms with van der Waals surface area (Å²) in [6.07, 6.45) is 1.73. The minimum Gasteiger partial charge on any atom is -0.497 e. The monoisotopic (exact) mass is 301 g/mol. The van der Waals surface area contributed by atoms with Gasteiger partial charge in [-0.25, -0.2) is 4.98 Å². The number of hydrogen-bond donors (Lipinski definition) is 3. The number of rotatable bonds is 5. The fraction of sp³-hybridized carbons (Fsp3) is 0.143. The zero-order chi connectivity index (χ0) is 14.7. The maximum atomic E-state index is 5.39. The van der Waals surface area contributed by atoms with Crippen LogP contribution in [-0.2, 0) is 5.75 Å². The van der Waals surface area contributed by atoms with Crippen molar-refractivity contribution in [3.05, 3.63) is 42.2 Å². The Kier molecular flexibility index (Phi) is 3.94. The Hall–Kier alpha value is -2.25. The van der Waals surface area contributed by atoms with E-state index in [-0.39, 0.29) is 0 Å². The second-order valence-electron chi connectivity index (χ2n) is 4.39. The van der Waals surface area contributed by atoms with Gasteiger partial charge in [0, 0.05) is 18.0 Å². The molecule has 108 valence electrons. The molecule has 0 aliphatic carbocycles. The third-order valence-electron chi connectivity index (χ3n) is 3.01. The van der Waals surface area contributed by atoms with E-state index in [1.807, 2.05) is 30.3 Å². The van der Waals surface area contributed by atoms with Crippen LogP contribution in [-0.4, -0.2) is 22.1 Å². The molecule has 2 aromatic heterocycles. The largest absolute Gasteiger partial charge is 0.497 e. The molecular weight excluding hydrogens is 286 g/mol. The molecule has 0 spiro atoms. The van der Waals surface area contributed by atoms with Gasteiger partial charge < -0.3 is 15.1 Å². The first-order chi connectivity index (χ1) is 10.3. The number of fused-ring (bicyclic) bond motifs is 1. The number of thioether (sulfide) groups is 1. The van der Waals surface area contributed by atoms with Gasteiger partial charge in [0.25, 0.3) is 0 Å². The topological polar surface area (TPSA) is 88.8 Å². The summed E-state index contributed by atoms with van der Waals surface area (Å²) in [4.78, 5) is 12.1. The van der Waals surface area contributed by atoms with Gasteiger partial charge in [0.15, 0.2) is 5.16 Å². The lowest BCUT2D eigenvalue weighted by Crippen LogP contribution is -2.07. The standard InChI is InChI=1S/C14H15N5OS/c1-20-11-2-3-12-13(7-11)18-14(17-12)21-8-10-6-9(19-15)4-5-16-10/h2-7H,8,15H2,1H3,(H,16,19)(H,17,18). The second kappa shape index (κ2) is 6.02. The molecule has 1 aromatic carbocycles. The maximum absolute atomic E-state index is 5.39. The molecule has 0 saturated heterocycles. The lowest BCUT2D eigenvalue weighted by Gasteiger charge is -2.02. The first kappa shape index (κ1) is 13.7. The van der Waals surface area contributed by atoms with E-state index < -0.39 is 0 Å². The predicted octanol–water partition coefficient (Wildman–Crippen LogP) is 2.54. The highest BCUT2D eigenvalue weighted by Crippen LogP contribution is 2.25. The third kappa shape index (κ3) is 3.09. The van der Waals surface area contributed by atoms with Gasteiger partial charge in [-0.05, 0) is 24.3 Å². The fourth-order valence-corrected chi connectivity index (χ4v) is 2.74. The summed E-state index contributed by atoms with van der Waals surface area (Å²) in [7, 11) is 1.65. The molecule has 7 heteroatoms. The van der Waals surface area contributed by atoms with Crippen LogP contribution in [0, 0.1) is 0 Å². The van der Waals surface area contributed by atoms with Crippen molar-refractivity contribution in [2.45, 2.75) is 10.9 Å². The Morgan fingerprint density at radius 1 is 1.33 bits per heavy atom. The van der Waals surface area contributed by atoms with Crippen LogP contribution in [0.25, 0.3) is 11.0 Å². The molecule has 2 heterocycles. The average Bonchev–Trinajstić information content (AvgIpc) is 2.95. The van der Waals surface area contributed by atoms with Crippen molar-refractivity contribution in [1.29, 1.82) is 0 Å². The van der Waals surface area contributed by atoms with Gasteiger partial charge in [-0.2, -0.15) is 0 Å². The minimum atomic E-state index is 0.715. The first-order valence-electron chi connectivity index (χ1n) is 6.36. The third-order valence-corrected chi connectivity index (χ3v) is 3.91. The van der Waals surface area contributed by atoms with Crippen molar-refractivity contribution < 1.29 is 4.74 Å². The van der Waals surface area contributed by atoms with Gasteiger partial charge in [-0.15, -0.1) is 0 Å². The van der Waals surface area contributed by atoms with E-state index in [9.17, 15) is 0 Å². The first-order valence-corrected chi connectivity index (χ1v) is 7.35. The molecule has 6 nitrogen and oxygen atoms in total. The number of nitrogens with two attached hydrogens (primary N) is 1. The molecular formula is C14H15N5OS. The highest BCUT2D eigenvalue weighted by atomic mass is 32.2. The summed E-state index contributed by atoms with van der Waals surface area (Å²) in [5, 5.41) is 0.853. The van der Waals surface area contributed by atoms with Gasteiger partial charge in [0.1, 0.15) is 5.75 Å². The number of nitrogens with zero attached hydrogens (tertiary/aromatic N) is 2. The Bertz CT molecular complexity index is 758. The molecule has 0 aliphatic heterocycles. The number of imidazole rings is 1. The summed E-state index contributed by atoms with van der Waals surface area (Å²) >= 11 is 1.59. The Morgan fingerprint density at radius 3 is 3.05 bits per heavy atom. The summed E-state index contributed by atoms with van der Waals surface area (Å²) < 4.78 is 5.20. The number of aromatic nitrogens is 3. The van der Waals surface area contributed by atoms with Crippen molar-refractivity contribution in [1.82, 2.24) is 15.0 Å². The van der Waals surface area contributed by atoms with E-state index in [4.69, 9.17) is 10.6 Å². The normalized spacial score (nSPS) is 10.8. The van der Waals surface area contributed by atoms with Crippen LogP contribution in [0.15, 0.2) is 41.7 Å². The van der Waals surface area contributed by atoms with Crippen molar-refractivity contribution in [3.63, 3.8) is 0 Å². The number of pyridine rings is 1. The molecule has 0 saturated carbocycles. The summed E-state index contributed by atoms with van der Waals surface area (Å²) in [6, 6.07) is 9.51. The highest BCUT2D eigenvalue weighted by Gasteiger charge is 2.06. The van der Waals surface area contributed by atoms with Crippen molar-refractivity contribution in [2.24, 2.45) is 5.84 Å². The lowest BCUT2D eigenvalue weighted by atomic mass is 10.3. The molecule has 4 N–H and O–H groups in total. The number of ether oxygens (including phenoxy) is 1. The van der Waals surface area contributed by atoms with Crippen molar-refractivity contribution >= 4 is 28.5 Å². The van der Waals surface area contributed by atoms with Crippen LogP contribution in [0.4, 0.5) is 5.69 Å². The molecule has 3 rings (SSSR count). The molecule has 3 aromatic rings. The van der Waals surface area contributed by atoms with Gasteiger partial charge in [-0.3, -0.25) is 10.8 Å². The Labute approximate surface area is 126 Å². The van der Waals surface area contributed by atoms with Crippen molar-refractivity contribution in [2.75, 3.05) is 12.5 Å². The van der Waals surface area contributed by atoms with Crippen LogP contribution in [0.5, 0.6) is 5.75 Å². The number of methoxy groups -OCH3 is 1. The maximum Gasteiger partial charge on any atom is 0.166 e. The van der Waals surface area contributed by atoms with Gasteiger partial charge >= 0.3 is 0 Å². The SMILES string of the molecule is COc1ccc2nc(SCc3cc(NN)ccn3)[nH]c2c1. The predicted molar refractivity (Wildman–Crippen MR) is 84.3 cm³/mol. The van der Waals surface area contributed by atoms with E-state index in [0.717, 1.165) is 33.3 Å². The number of hydrazine groups is 1.